The zero-order valence-electron chi connectivity index (χ0n) is 11.2. The fraction of sp³-hybridized carbons (Fsp3) is 0.833. The lowest BCUT2D eigenvalue weighted by Crippen LogP contribution is -2.57. The topological polar surface area (TPSA) is 104 Å². The Labute approximate surface area is 118 Å². The predicted octanol–water partition coefficient (Wildman–Crippen LogP) is -0.771. The van der Waals surface area contributed by atoms with Gasteiger partial charge in [-0.2, -0.15) is 0 Å². The van der Waals surface area contributed by atoms with Gasteiger partial charge < -0.3 is 15.3 Å². The average Bonchev–Trinajstić information content (AvgIpc) is 2.37. The minimum atomic E-state index is -3.25. The first-order valence-corrected chi connectivity index (χ1v) is 8.67. The summed E-state index contributed by atoms with van der Waals surface area (Å²) in [6.45, 7) is 0.865. The second-order valence-corrected chi connectivity index (χ2v) is 7.63. The van der Waals surface area contributed by atoms with Gasteiger partial charge in [-0.15, -0.1) is 0 Å². The van der Waals surface area contributed by atoms with Crippen molar-refractivity contribution in [2.24, 2.45) is 0 Å². The number of aliphatic carboxylic acids is 1. The molecule has 2 N–H and O–H groups in total. The lowest BCUT2D eigenvalue weighted by Gasteiger charge is -2.38. The van der Waals surface area contributed by atoms with E-state index in [2.05, 4.69) is 5.32 Å². The maximum Gasteiger partial charge on any atom is 0.305 e. The maximum atomic E-state index is 12.4. The number of carboxylic acid groups (broad SMARTS) is 1. The van der Waals surface area contributed by atoms with Gasteiger partial charge in [-0.05, 0) is 19.4 Å². The van der Waals surface area contributed by atoms with Gasteiger partial charge in [0, 0.05) is 6.54 Å². The number of carbonyl (C=O) groups is 2. The lowest BCUT2D eigenvalue weighted by atomic mass is 10.0. The van der Waals surface area contributed by atoms with Gasteiger partial charge in [-0.1, -0.05) is 6.42 Å². The Hall–Kier alpha value is -1.15. The minimum absolute atomic E-state index is 0.0818. The Morgan fingerprint density at radius 2 is 2.05 bits per heavy atom. The highest BCUT2D eigenvalue weighted by Crippen LogP contribution is 2.19. The normalized spacial score (nSPS) is 29.9. The Kier molecular flexibility index (Phi) is 4.64. The molecule has 2 aliphatic rings. The van der Waals surface area contributed by atoms with Crippen molar-refractivity contribution in [1.29, 1.82) is 0 Å². The minimum Gasteiger partial charge on any atom is -0.481 e. The molecule has 114 valence electrons. The van der Waals surface area contributed by atoms with E-state index in [0.29, 0.717) is 0 Å². The Bertz CT molecular complexity index is 484. The van der Waals surface area contributed by atoms with Gasteiger partial charge in [0.1, 0.15) is 0 Å². The molecule has 0 aliphatic carbocycles. The smallest absolute Gasteiger partial charge is 0.305 e. The zero-order valence-corrected chi connectivity index (χ0v) is 12.1. The molecule has 2 atom stereocenters. The molecule has 0 spiro atoms. The van der Waals surface area contributed by atoms with Gasteiger partial charge in [0.2, 0.25) is 5.91 Å². The molecule has 2 saturated heterocycles. The largest absolute Gasteiger partial charge is 0.481 e. The molecular formula is C12H20N2O5S. The van der Waals surface area contributed by atoms with Crippen molar-refractivity contribution in [1.82, 2.24) is 10.2 Å². The third kappa shape index (κ3) is 3.69. The van der Waals surface area contributed by atoms with Crippen molar-refractivity contribution >= 4 is 21.7 Å². The van der Waals surface area contributed by atoms with Crippen molar-refractivity contribution in [2.75, 3.05) is 24.6 Å². The second kappa shape index (κ2) is 6.09. The number of carbonyl (C=O) groups excluding carboxylic acids is 1. The van der Waals surface area contributed by atoms with E-state index in [9.17, 15) is 18.0 Å². The van der Waals surface area contributed by atoms with E-state index in [4.69, 9.17) is 5.11 Å². The standard InChI is InChI=1S/C12H20N2O5S/c15-11(16)7-9-8-20(18,19)6-5-14(9)12(17)10-3-1-2-4-13-10/h9-10,13H,1-8H2,(H,15,16). The van der Waals surface area contributed by atoms with E-state index >= 15 is 0 Å². The number of amides is 1. The second-order valence-electron chi connectivity index (χ2n) is 5.40. The highest BCUT2D eigenvalue weighted by Gasteiger charge is 2.37. The molecule has 1 amide bonds. The third-order valence-corrected chi connectivity index (χ3v) is 5.53. The van der Waals surface area contributed by atoms with Gasteiger partial charge in [-0.25, -0.2) is 8.42 Å². The van der Waals surface area contributed by atoms with Crippen LogP contribution >= 0.6 is 0 Å². The van der Waals surface area contributed by atoms with Crippen LogP contribution in [0.15, 0.2) is 0 Å². The summed E-state index contributed by atoms with van der Waals surface area (Å²) >= 11 is 0. The summed E-state index contributed by atoms with van der Waals surface area (Å²) in [7, 11) is -3.25. The van der Waals surface area contributed by atoms with Crippen LogP contribution in [0.3, 0.4) is 0 Å². The van der Waals surface area contributed by atoms with Gasteiger partial charge in [0.05, 0.1) is 30.0 Å². The molecule has 0 radical (unpaired) electrons. The number of piperidine rings is 1. The number of rotatable bonds is 3. The zero-order chi connectivity index (χ0) is 14.8. The number of nitrogens with zero attached hydrogens (tertiary/aromatic N) is 1. The van der Waals surface area contributed by atoms with Crippen LogP contribution in [0.4, 0.5) is 0 Å². The summed E-state index contributed by atoms with van der Waals surface area (Å²) < 4.78 is 23.3. The highest BCUT2D eigenvalue weighted by atomic mass is 32.2. The molecular weight excluding hydrogens is 284 g/mol. The molecule has 2 heterocycles. The van der Waals surface area contributed by atoms with Crippen LogP contribution in [-0.2, 0) is 19.4 Å². The molecule has 2 fully saturated rings. The molecule has 7 nitrogen and oxygen atoms in total. The molecule has 2 unspecified atom stereocenters. The van der Waals surface area contributed by atoms with Gasteiger partial charge in [0.25, 0.3) is 0 Å². The van der Waals surface area contributed by atoms with Crippen LogP contribution in [0, 0.1) is 0 Å². The van der Waals surface area contributed by atoms with E-state index < -0.39 is 21.8 Å². The summed E-state index contributed by atoms with van der Waals surface area (Å²) in [6.07, 6.45) is 2.38. The van der Waals surface area contributed by atoms with Crippen LogP contribution in [0.1, 0.15) is 25.7 Å². The monoisotopic (exact) mass is 304 g/mol. The Morgan fingerprint density at radius 1 is 1.30 bits per heavy atom. The molecule has 0 aromatic heterocycles. The van der Waals surface area contributed by atoms with Crippen molar-refractivity contribution in [3.8, 4) is 0 Å². The van der Waals surface area contributed by atoms with Crippen LogP contribution in [0.2, 0.25) is 0 Å². The van der Waals surface area contributed by atoms with Crippen molar-refractivity contribution in [2.45, 2.75) is 37.8 Å². The van der Waals surface area contributed by atoms with Crippen molar-refractivity contribution in [3.63, 3.8) is 0 Å². The quantitative estimate of drug-likeness (QED) is 0.709. The van der Waals surface area contributed by atoms with Crippen LogP contribution in [0.25, 0.3) is 0 Å². The Balaban J connectivity index is 2.10. The summed E-state index contributed by atoms with van der Waals surface area (Å²) in [5, 5.41) is 12.0. The van der Waals surface area contributed by atoms with Gasteiger partial charge >= 0.3 is 5.97 Å². The molecule has 0 saturated carbocycles. The average molecular weight is 304 g/mol. The number of carboxylic acids is 1. The van der Waals surface area contributed by atoms with E-state index in [1.807, 2.05) is 0 Å². The summed E-state index contributed by atoms with van der Waals surface area (Å²) in [4.78, 5) is 24.7. The molecule has 0 aromatic carbocycles. The first kappa shape index (κ1) is 15.2. The van der Waals surface area contributed by atoms with Crippen molar-refractivity contribution in [3.05, 3.63) is 0 Å². The summed E-state index contributed by atoms with van der Waals surface area (Å²) in [5.74, 6) is -1.58. The van der Waals surface area contributed by atoms with Crippen molar-refractivity contribution < 1.29 is 23.1 Å². The van der Waals surface area contributed by atoms with E-state index in [1.165, 1.54) is 4.90 Å². The molecule has 0 bridgehead atoms. The number of sulfone groups is 1. The van der Waals surface area contributed by atoms with E-state index in [1.54, 1.807) is 0 Å². The van der Waals surface area contributed by atoms with Crippen LogP contribution in [-0.4, -0.2) is 67.0 Å². The van der Waals surface area contributed by atoms with Crippen LogP contribution < -0.4 is 5.32 Å². The number of nitrogens with one attached hydrogen (secondary N) is 1. The number of hydrogen-bond donors (Lipinski definition) is 2. The SMILES string of the molecule is O=C(O)CC1CS(=O)(=O)CCN1C(=O)C1CCCCN1. The molecule has 0 aromatic rings. The van der Waals surface area contributed by atoms with Gasteiger partial charge in [-0.3, -0.25) is 9.59 Å². The molecule has 8 heteroatoms. The van der Waals surface area contributed by atoms with E-state index in [0.717, 1.165) is 25.8 Å². The Morgan fingerprint density at radius 3 is 2.65 bits per heavy atom. The summed E-state index contributed by atoms with van der Waals surface area (Å²) in [5.41, 5.74) is 0. The third-order valence-electron chi connectivity index (χ3n) is 3.83. The molecule has 2 aliphatic heterocycles. The fourth-order valence-corrected chi connectivity index (χ4v) is 4.34. The highest BCUT2D eigenvalue weighted by molar-refractivity contribution is 7.91. The maximum absolute atomic E-state index is 12.4. The fourth-order valence-electron chi connectivity index (χ4n) is 2.81. The van der Waals surface area contributed by atoms with Gasteiger partial charge in [0.15, 0.2) is 9.84 Å². The first-order chi connectivity index (χ1) is 9.39. The first-order valence-electron chi connectivity index (χ1n) is 6.85. The lowest BCUT2D eigenvalue weighted by molar-refractivity contribution is -0.141. The predicted molar refractivity (Wildman–Crippen MR) is 72.0 cm³/mol. The van der Waals surface area contributed by atoms with E-state index in [-0.39, 0.29) is 36.4 Å². The molecule has 20 heavy (non-hydrogen) atoms. The number of hydrogen-bond acceptors (Lipinski definition) is 5. The molecule has 2 rings (SSSR count). The van der Waals surface area contributed by atoms with Crippen LogP contribution in [0.5, 0.6) is 0 Å². The summed E-state index contributed by atoms with van der Waals surface area (Å²) in [6, 6.07) is -1.05.